The normalized spacial score (nSPS) is 12.2. The lowest BCUT2D eigenvalue weighted by molar-refractivity contribution is 0.415. The van der Waals surface area contributed by atoms with Gasteiger partial charge >= 0.3 is 0 Å². The number of methoxy groups -OCH3 is 1. The van der Waals surface area contributed by atoms with Gasteiger partial charge in [-0.3, -0.25) is 0 Å². The Morgan fingerprint density at radius 3 is 2.83 bits per heavy atom. The second-order valence-corrected chi connectivity index (χ2v) is 4.52. The van der Waals surface area contributed by atoms with E-state index in [0.717, 1.165) is 11.5 Å². The van der Waals surface area contributed by atoms with Gasteiger partial charge in [-0.1, -0.05) is 11.6 Å². The third-order valence-electron chi connectivity index (χ3n) is 2.78. The van der Waals surface area contributed by atoms with Crippen molar-refractivity contribution in [2.75, 3.05) is 12.4 Å². The molecule has 0 saturated carbocycles. The van der Waals surface area contributed by atoms with Crippen molar-refractivity contribution in [2.45, 2.75) is 13.0 Å². The Kier molecular flexibility index (Phi) is 3.77. The summed E-state index contributed by atoms with van der Waals surface area (Å²) < 4.78 is 7.18. The van der Waals surface area contributed by atoms with Crippen LogP contribution in [0, 0.1) is 0 Å². The molecule has 0 radical (unpaired) electrons. The topological polar surface area (TPSA) is 39.1 Å². The first-order valence-electron chi connectivity index (χ1n) is 5.69. The fraction of sp³-hybridized carbons (Fsp3) is 0.308. The summed E-state index contributed by atoms with van der Waals surface area (Å²) in [6.45, 7) is 2.06. The van der Waals surface area contributed by atoms with Crippen LogP contribution in [0.1, 0.15) is 18.8 Å². The van der Waals surface area contributed by atoms with Gasteiger partial charge in [-0.2, -0.15) is 0 Å². The predicted molar refractivity (Wildman–Crippen MR) is 73.2 cm³/mol. The number of anilines is 1. The van der Waals surface area contributed by atoms with Gasteiger partial charge in [0.15, 0.2) is 0 Å². The maximum atomic E-state index is 5.99. The monoisotopic (exact) mass is 265 g/mol. The fourth-order valence-electron chi connectivity index (χ4n) is 1.86. The molecule has 2 rings (SSSR count). The van der Waals surface area contributed by atoms with Gasteiger partial charge in [0.2, 0.25) is 0 Å². The second-order valence-electron chi connectivity index (χ2n) is 4.11. The molecule has 0 aliphatic heterocycles. The van der Waals surface area contributed by atoms with E-state index in [4.69, 9.17) is 16.3 Å². The lowest BCUT2D eigenvalue weighted by Crippen LogP contribution is -2.11. The molecule has 1 aromatic carbocycles. The van der Waals surface area contributed by atoms with Crippen molar-refractivity contribution in [3.8, 4) is 5.75 Å². The van der Waals surface area contributed by atoms with Crippen molar-refractivity contribution in [1.29, 1.82) is 0 Å². The molecule has 1 atom stereocenters. The molecule has 1 N–H and O–H groups in total. The average molecular weight is 266 g/mol. The Bertz CT molecular complexity index is 539. The molecule has 18 heavy (non-hydrogen) atoms. The number of aryl methyl sites for hydroxylation is 1. The molecule has 1 unspecified atom stereocenters. The van der Waals surface area contributed by atoms with Gasteiger partial charge in [0.05, 0.1) is 18.2 Å². The smallest absolute Gasteiger partial charge is 0.139 e. The van der Waals surface area contributed by atoms with Gasteiger partial charge in [-0.15, -0.1) is 0 Å². The summed E-state index contributed by atoms with van der Waals surface area (Å²) in [5.41, 5.74) is 0.951. The molecule has 0 bridgehead atoms. The van der Waals surface area contributed by atoms with E-state index >= 15 is 0 Å². The largest absolute Gasteiger partial charge is 0.495 e. The van der Waals surface area contributed by atoms with Crippen molar-refractivity contribution >= 4 is 17.3 Å². The Morgan fingerprint density at radius 1 is 1.44 bits per heavy atom. The molecule has 0 spiro atoms. The van der Waals surface area contributed by atoms with Gasteiger partial charge in [0.25, 0.3) is 0 Å². The van der Waals surface area contributed by atoms with Gasteiger partial charge < -0.3 is 14.6 Å². The van der Waals surface area contributed by atoms with Crippen LogP contribution in [0.2, 0.25) is 5.02 Å². The van der Waals surface area contributed by atoms with Crippen LogP contribution in [0.25, 0.3) is 0 Å². The summed E-state index contributed by atoms with van der Waals surface area (Å²) in [7, 11) is 3.58. The number of imidazole rings is 1. The highest BCUT2D eigenvalue weighted by Gasteiger charge is 2.11. The molecular weight excluding hydrogens is 250 g/mol. The summed E-state index contributed by atoms with van der Waals surface area (Å²) in [6.07, 6.45) is 3.71. The van der Waals surface area contributed by atoms with Gasteiger partial charge in [-0.05, 0) is 19.1 Å². The molecule has 1 aromatic heterocycles. The third kappa shape index (κ3) is 2.59. The highest BCUT2D eigenvalue weighted by molar-refractivity contribution is 6.32. The zero-order valence-corrected chi connectivity index (χ0v) is 11.4. The van der Waals surface area contributed by atoms with E-state index in [1.807, 2.05) is 36.0 Å². The number of benzene rings is 1. The summed E-state index contributed by atoms with van der Waals surface area (Å²) in [5, 5.41) is 3.97. The first kappa shape index (κ1) is 12.8. The molecule has 0 saturated heterocycles. The molecule has 2 aromatic rings. The van der Waals surface area contributed by atoms with E-state index in [9.17, 15) is 0 Å². The van der Waals surface area contributed by atoms with Crippen molar-refractivity contribution in [3.63, 3.8) is 0 Å². The molecule has 0 amide bonds. The van der Waals surface area contributed by atoms with E-state index < -0.39 is 0 Å². The number of halogens is 1. The highest BCUT2D eigenvalue weighted by Crippen LogP contribution is 2.29. The number of nitrogens with zero attached hydrogens (tertiary/aromatic N) is 2. The van der Waals surface area contributed by atoms with Crippen LogP contribution in [0.3, 0.4) is 0 Å². The van der Waals surface area contributed by atoms with Gasteiger partial charge in [-0.25, -0.2) is 4.98 Å². The van der Waals surface area contributed by atoms with E-state index in [2.05, 4.69) is 17.2 Å². The maximum Gasteiger partial charge on any atom is 0.139 e. The van der Waals surface area contributed by atoms with Crippen LogP contribution < -0.4 is 10.1 Å². The molecule has 0 aliphatic rings. The molecule has 5 heteroatoms. The number of rotatable bonds is 4. The molecule has 0 fully saturated rings. The van der Waals surface area contributed by atoms with Gasteiger partial charge in [0.1, 0.15) is 11.6 Å². The maximum absolute atomic E-state index is 5.99. The summed E-state index contributed by atoms with van der Waals surface area (Å²) in [6, 6.07) is 5.72. The molecule has 4 nitrogen and oxygen atoms in total. The SMILES string of the molecule is COc1cc(NC(C)c2nccn2C)ccc1Cl. The first-order valence-corrected chi connectivity index (χ1v) is 6.07. The predicted octanol–water partition coefficient (Wildman–Crippen LogP) is 3.26. The number of hydrogen-bond acceptors (Lipinski definition) is 3. The van der Waals surface area contributed by atoms with Crippen LogP contribution in [0.15, 0.2) is 30.6 Å². The average Bonchev–Trinajstić information content (AvgIpc) is 2.78. The summed E-state index contributed by atoms with van der Waals surface area (Å²) in [5.74, 6) is 1.64. The Hall–Kier alpha value is -1.68. The Balaban J connectivity index is 2.17. The minimum absolute atomic E-state index is 0.107. The number of hydrogen-bond donors (Lipinski definition) is 1. The fourth-order valence-corrected chi connectivity index (χ4v) is 2.05. The van der Waals surface area contributed by atoms with E-state index in [1.165, 1.54) is 0 Å². The van der Waals surface area contributed by atoms with Crippen molar-refractivity contribution in [3.05, 3.63) is 41.4 Å². The number of aromatic nitrogens is 2. The first-order chi connectivity index (χ1) is 8.61. The minimum atomic E-state index is 0.107. The Morgan fingerprint density at radius 2 is 2.22 bits per heavy atom. The quantitative estimate of drug-likeness (QED) is 0.922. The summed E-state index contributed by atoms with van der Waals surface area (Å²) >= 11 is 5.99. The second kappa shape index (κ2) is 5.31. The standard InChI is InChI=1S/C13H16ClN3O/c1-9(13-15-6-7-17(13)2)16-10-4-5-11(14)12(8-10)18-3/h4-9,16H,1-3H3. The van der Waals surface area contributed by atoms with Crippen LogP contribution in [-0.2, 0) is 7.05 Å². The molecule has 0 aliphatic carbocycles. The zero-order valence-electron chi connectivity index (χ0n) is 10.6. The third-order valence-corrected chi connectivity index (χ3v) is 3.09. The molecule has 1 heterocycles. The Labute approximate surface area is 112 Å². The minimum Gasteiger partial charge on any atom is -0.495 e. The van der Waals surface area contributed by atoms with E-state index in [-0.39, 0.29) is 6.04 Å². The molecular formula is C13H16ClN3O. The molecule has 96 valence electrons. The van der Waals surface area contributed by atoms with E-state index in [0.29, 0.717) is 10.8 Å². The van der Waals surface area contributed by atoms with Crippen molar-refractivity contribution in [2.24, 2.45) is 7.05 Å². The van der Waals surface area contributed by atoms with E-state index in [1.54, 1.807) is 13.3 Å². The van der Waals surface area contributed by atoms with Crippen molar-refractivity contribution < 1.29 is 4.74 Å². The zero-order chi connectivity index (χ0) is 13.1. The van der Waals surface area contributed by atoms with Crippen LogP contribution >= 0.6 is 11.6 Å². The highest BCUT2D eigenvalue weighted by atomic mass is 35.5. The number of nitrogens with one attached hydrogen (secondary N) is 1. The van der Waals surface area contributed by atoms with Crippen LogP contribution in [0.4, 0.5) is 5.69 Å². The van der Waals surface area contributed by atoms with Gasteiger partial charge in [0, 0.05) is 31.2 Å². The number of ether oxygens (including phenoxy) is 1. The lowest BCUT2D eigenvalue weighted by atomic mass is 10.2. The summed E-state index contributed by atoms with van der Waals surface area (Å²) in [4.78, 5) is 4.32. The van der Waals surface area contributed by atoms with Crippen molar-refractivity contribution in [1.82, 2.24) is 9.55 Å². The lowest BCUT2D eigenvalue weighted by Gasteiger charge is -2.16. The van der Waals surface area contributed by atoms with Crippen LogP contribution in [-0.4, -0.2) is 16.7 Å². The van der Waals surface area contributed by atoms with Crippen LogP contribution in [0.5, 0.6) is 5.75 Å².